The highest BCUT2D eigenvalue weighted by Crippen LogP contribution is 2.09. The number of morpholine rings is 1. The van der Waals surface area contributed by atoms with Crippen molar-refractivity contribution in [3.8, 4) is 0 Å². The van der Waals surface area contributed by atoms with Crippen LogP contribution in [-0.4, -0.2) is 49.6 Å². The molecule has 21 heavy (non-hydrogen) atoms. The Bertz CT molecular complexity index is 460. The van der Waals surface area contributed by atoms with Gasteiger partial charge in [0.15, 0.2) is 0 Å². The lowest BCUT2D eigenvalue weighted by Crippen LogP contribution is -2.37. The summed E-state index contributed by atoms with van der Waals surface area (Å²) in [5.41, 5.74) is 2.17. The molecule has 116 valence electrons. The third kappa shape index (κ3) is 6.27. The number of hydrogen-bond acceptors (Lipinski definition) is 4. The molecule has 1 aliphatic rings. The van der Waals surface area contributed by atoms with Gasteiger partial charge in [0.2, 0.25) is 0 Å². The first-order valence-electron chi connectivity index (χ1n) is 7.63. The van der Waals surface area contributed by atoms with Crippen LogP contribution in [0.5, 0.6) is 0 Å². The Morgan fingerprint density at radius 1 is 1.29 bits per heavy atom. The molecule has 0 spiro atoms. The second-order valence-corrected chi connectivity index (χ2v) is 6.39. The predicted octanol–water partition coefficient (Wildman–Crippen LogP) is 2.71. The van der Waals surface area contributed by atoms with Crippen molar-refractivity contribution >= 4 is 6.21 Å². The van der Waals surface area contributed by atoms with E-state index >= 15 is 0 Å². The van der Waals surface area contributed by atoms with Crippen LogP contribution in [0.2, 0.25) is 0 Å². The Morgan fingerprint density at radius 3 is 2.76 bits per heavy atom. The maximum Gasteiger partial charge on any atom is 0.129 e. The second kappa shape index (κ2) is 7.57. The van der Waals surface area contributed by atoms with Crippen molar-refractivity contribution in [3.05, 3.63) is 35.4 Å². The molecule has 0 unspecified atom stereocenters. The van der Waals surface area contributed by atoms with E-state index in [9.17, 15) is 0 Å². The van der Waals surface area contributed by atoms with Gasteiger partial charge in [-0.05, 0) is 38.3 Å². The fourth-order valence-electron chi connectivity index (χ4n) is 2.19. The SMILES string of the molecule is CC(C)(C)O/N=C\c1cccc(CCN2CCOCC2)c1. The van der Waals surface area contributed by atoms with E-state index in [1.54, 1.807) is 6.21 Å². The summed E-state index contributed by atoms with van der Waals surface area (Å²) in [5, 5.41) is 4.05. The number of oxime groups is 1. The highest BCUT2D eigenvalue weighted by atomic mass is 16.6. The van der Waals surface area contributed by atoms with Gasteiger partial charge in [-0.1, -0.05) is 29.4 Å². The molecular weight excluding hydrogens is 264 g/mol. The van der Waals surface area contributed by atoms with Crippen LogP contribution >= 0.6 is 0 Å². The third-order valence-corrected chi connectivity index (χ3v) is 3.30. The molecule has 1 heterocycles. The van der Waals surface area contributed by atoms with Gasteiger partial charge in [0, 0.05) is 19.6 Å². The third-order valence-electron chi connectivity index (χ3n) is 3.30. The van der Waals surface area contributed by atoms with Crippen LogP contribution in [0.15, 0.2) is 29.4 Å². The summed E-state index contributed by atoms with van der Waals surface area (Å²) in [7, 11) is 0. The fraction of sp³-hybridized carbons (Fsp3) is 0.588. The number of hydrogen-bond donors (Lipinski definition) is 0. The van der Waals surface area contributed by atoms with E-state index in [1.165, 1.54) is 5.56 Å². The van der Waals surface area contributed by atoms with Gasteiger partial charge in [-0.15, -0.1) is 0 Å². The molecule has 0 aliphatic carbocycles. The molecule has 4 nitrogen and oxygen atoms in total. The molecule has 2 rings (SSSR count). The molecule has 0 N–H and O–H groups in total. The summed E-state index contributed by atoms with van der Waals surface area (Å²) in [6, 6.07) is 8.47. The fourth-order valence-corrected chi connectivity index (χ4v) is 2.19. The lowest BCUT2D eigenvalue weighted by molar-refractivity contribution is 0.00199. The molecule has 0 radical (unpaired) electrons. The van der Waals surface area contributed by atoms with Crippen LogP contribution in [0.1, 0.15) is 31.9 Å². The van der Waals surface area contributed by atoms with Crippen molar-refractivity contribution in [2.75, 3.05) is 32.8 Å². The molecule has 1 fully saturated rings. The molecule has 1 saturated heterocycles. The van der Waals surface area contributed by atoms with Crippen molar-refractivity contribution in [1.29, 1.82) is 0 Å². The van der Waals surface area contributed by atoms with E-state index in [-0.39, 0.29) is 5.60 Å². The Kier molecular flexibility index (Phi) is 5.76. The Hall–Kier alpha value is -1.39. The predicted molar refractivity (Wildman–Crippen MR) is 85.8 cm³/mol. The van der Waals surface area contributed by atoms with Crippen molar-refractivity contribution in [2.24, 2.45) is 5.16 Å². The van der Waals surface area contributed by atoms with Gasteiger partial charge in [0.05, 0.1) is 19.4 Å². The summed E-state index contributed by atoms with van der Waals surface area (Å²) in [4.78, 5) is 7.83. The minimum absolute atomic E-state index is 0.246. The molecule has 0 saturated carbocycles. The first-order chi connectivity index (χ1) is 10.0. The van der Waals surface area contributed by atoms with Gasteiger partial charge < -0.3 is 9.57 Å². The van der Waals surface area contributed by atoms with Gasteiger partial charge >= 0.3 is 0 Å². The minimum Gasteiger partial charge on any atom is -0.390 e. The van der Waals surface area contributed by atoms with Crippen LogP contribution in [0.4, 0.5) is 0 Å². The van der Waals surface area contributed by atoms with Crippen LogP contribution in [-0.2, 0) is 16.0 Å². The lowest BCUT2D eigenvalue weighted by atomic mass is 10.1. The van der Waals surface area contributed by atoms with Crippen LogP contribution < -0.4 is 0 Å². The van der Waals surface area contributed by atoms with E-state index in [4.69, 9.17) is 9.57 Å². The van der Waals surface area contributed by atoms with Gasteiger partial charge in [-0.2, -0.15) is 0 Å². The van der Waals surface area contributed by atoms with E-state index < -0.39 is 0 Å². The summed E-state index contributed by atoms with van der Waals surface area (Å²) in [5.74, 6) is 0. The number of ether oxygens (including phenoxy) is 1. The summed E-state index contributed by atoms with van der Waals surface area (Å²) >= 11 is 0. The van der Waals surface area contributed by atoms with Gasteiger partial charge in [0.25, 0.3) is 0 Å². The lowest BCUT2D eigenvalue weighted by Gasteiger charge is -2.26. The molecule has 1 aliphatic heterocycles. The van der Waals surface area contributed by atoms with Crippen molar-refractivity contribution < 1.29 is 9.57 Å². The normalized spacial score (nSPS) is 17.3. The molecule has 1 aromatic rings. The molecule has 1 aromatic carbocycles. The Labute approximate surface area is 127 Å². The van der Waals surface area contributed by atoms with E-state index in [0.29, 0.717) is 0 Å². The van der Waals surface area contributed by atoms with Crippen LogP contribution in [0, 0.1) is 0 Å². The first-order valence-corrected chi connectivity index (χ1v) is 7.63. The molecule has 4 heteroatoms. The van der Waals surface area contributed by atoms with Crippen LogP contribution in [0.3, 0.4) is 0 Å². The first kappa shape index (κ1) is 16.0. The topological polar surface area (TPSA) is 34.1 Å². The molecule has 0 amide bonds. The zero-order valence-electron chi connectivity index (χ0n) is 13.3. The monoisotopic (exact) mass is 290 g/mol. The molecular formula is C17H26N2O2. The average Bonchev–Trinajstić information content (AvgIpc) is 2.45. The zero-order valence-corrected chi connectivity index (χ0v) is 13.3. The second-order valence-electron chi connectivity index (χ2n) is 6.39. The number of nitrogens with zero attached hydrogens (tertiary/aromatic N) is 2. The highest BCUT2D eigenvalue weighted by Gasteiger charge is 2.10. The van der Waals surface area contributed by atoms with Gasteiger partial charge in [-0.3, -0.25) is 4.90 Å². The van der Waals surface area contributed by atoms with Crippen molar-refractivity contribution in [2.45, 2.75) is 32.8 Å². The molecule has 0 atom stereocenters. The van der Waals surface area contributed by atoms with Gasteiger partial charge in [-0.25, -0.2) is 0 Å². The molecule has 0 aromatic heterocycles. The summed E-state index contributed by atoms with van der Waals surface area (Å²) in [6.07, 6.45) is 2.84. The Morgan fingerprint density at radius 2 is 2.05 bits per heavy atom. The average molecular weight is 290 g/mol. The largest absolute Gasteiger partial charge is 0.390 e. The standard InChI is InChI=1S/C17H26N2O2/c1-17(2,3)21-18-14-16-6-4-5-15(13-16)7-8-19-9-11-20-12-10-19/h4-6,13-14H,7-12H2,1-3H3/b18-14-. The van der Waals surface area contributed by atoms with E-state index in [0.717, 1.165) is 44.8 Å². The maximum atomic E-state index is 5.38. The van der Waals surface area contributed by atoms with Gasteiger partial charge in [0.1, 0.15) is 5.60 Å². The summed E-state index contributed by atoms with van der Waals surface area (Å²) < 4.78 is 5.37. The zero-order chi connectivity index (χ0) is 15.1. The van der Waals surface area contributed by atoms with E-state index in [1.807, 2.05) is 26.8 Å². The highest BCUT2D eigenvalue weighted by molar-refractivity contribution is 5.79. The van der Waals surface area contributed by atoms with E-state index in [2.05, 4.69) is 28.3 Å². The smallest absolute Gasteiger partial charge is 0.129 e. The van der Waals surface area contributed by atoms with Crippen LogP contribution in [0.25, 0.3) is 0 Å². The van der Waals surface area contributed by atoms with Crippen molar-refractivity contribution in [1.82, 2.24) is 4.90 Å². The van der Waals surface area contributed by atoms with Crippen molar-refractivity contribution in [3.63, 3.8) is 0 Å². The minimum atomic E-state index is -0.246. The quantitative estimate of drug-likeness (QED) is 0.617. The molecule has 0 bridgehead atoms. The number of benzene rings is 1. The number of rotatable bonds is 5. The maximum absolute atomic E-state index is 5.38. The Balaban J connectivity index is 1.85. The summed E-state index contributed by atoms with van der Waals surface area (Å²) in [6.45, 7) is 10.9.